The fraction of sp³-hybridized carbons (Fsp3) is 0.917. The molecule has 4 atom stereocenters. The fourth-order valence-corrected chi connectivity index (χ4v) is 4.49. The van der Waals surface area contributed by atoms with E-state index in [0.717, 1.165) is 11.8 Å². The van der Waals surface area contributed by atoms with Crippen LogP contribution in [0, 0.1) is 17.8 Å². The zero-order valence-electron chi connectivity index (χ0n) is 9.94. The van der Waals surface area contributed by atoms with E-state index in [1.54, 1.807) is 13.8 Å². The van der Waals surface area contributed by atoms with Gasteiger partial charge in [-0.05, 0) is 50.9 Å². The maximum Gasteiger partial charge on any atom is 0.321 e. The Bertz CT molecular complexity index is 324. The maximum absolute atomic E-state index is 12.1. The van der Waals surface area contributed by atoms with Gasteiger partial charge in [-0.2, -0.15) is 0 Å². The molecule has 2 bridgehead atoms. The molecule has 0 saturated heterocycles. The number of aliphatic carboxylic acids is 1. The van der Waals surface area contributed by atoms with Crippen molar-refractivity contribution in [1.82, 2.24) is 0 Å². The molecule has 2 saturated carbocycles. The van der Waals surface area contributed by atoms with Gasteiger partial charge in [-0.1, -0.05) is 6.42 Å². The van der Waals surface area contributed by atoms with Gasteiger partial charge in [0.05, 0.1) is 0 Å². The minimum absolute atomic E-state index is 0.512. The van der Waals surface area contributed by atoms with E-state index >= 15 is 0 Å². The van der Waals surface area contributed by atoms with Crippen LogP contribution in [0.1, 0.15) is 39.5 Å². The van der Waals surface area contributed by atoms with Gasteiger partial charge >= 0.3 is 5.97 Å². The third-order valence-corrected chi connectivity index (χ3v) is 6.38. The Kier molecular flexibility index (Phi) is 3.12. The summed E-state index contributed by atoms with van der Waals surface area (Å²) in [6.07, 6.45) is 5.05. The average molecular weight is 244 g/mol. The van der Waals surface area contributed by atoms with Gasteiger partial charge < -0.3 is 5.11 Å². The first kappa shape index (κ1) is 12.1. The number of carbonyl (C=O) groups is 1. The zero-order chi connectivity index (χ0) is 11.9. The Hall–Kier alpha value is -0.380. The lowest BCUT2D eigenvalue weighted by Gasteiger charge is -2.25. The molecule has 4 heteroatoms. The molecule has 2 aliphatic rings. The predicted molar refractivity (Wildman–Crippen MR) is 63.7 cm³/mol. The Labute approximate surface area is 99.1 Å². The van der Waals surface area contributed by atoms with Crippen LogP contribution in [-0.4, -0.2) is 25.8 Å². The Morgan fingerprint density at radius 2 is 2.06 bits per heavy atom. The summed E-state index contributed by atoms with van der Waals surface area (Å²) in [6.45, 7) is 3.14. The average Bonchev–Trinajstić information content (AvgIpc) is 2.78. The Morgan fingerprint density at radius 1 is 1.38 bits per heavy atom. The van der Waals surface area contributed by atoms with Crippen molar-refractivity contribution in [2.24, 2.45) is 17.8 Å². The van der Waals surface area contributed by atoms with Gasteiger partial charge in [0.1, 0.15) is 4.75 Å². The monoisotopic (exact) mass is 244 g/mol. The quantitative estimate of drug-likeness (QED) is 0.823. The van der Waals surface area contributed by atoms with Crippen molar-refractivity contribution in [3.63, 3.8) is 0 Å². The molecule has 0 spiro atoms. The highest BCUT2D eigenvalue weighted by molar-refractivity contribution is 7.87. The summed E-state index contributed by atoms with van der Waals surface area (Å²) in [7, 11) is -1.25. The summed E-state index contributed by atoms with van der Waals surface area (Å²) in [6, 6.07) is 0. The first-order valence-electron chi connectivity index (χ1n) is 6.03. The highest BCUT2D eigenvalue weighted by Gasteiger charge is 2.43. The Balaban J connectivity index is 1.95. The molecule has 4 unspecified atom stereocenters. The van der Waals surface area contributed by atoms with Crippen molar-refractivity contribution in [1.29, 1.82) is 0 Å². The molecule has 2 aliphatic carbocycles. The molecular formula is C12H20O3S. The van der Waals surface area contributed by atoms with Crippen LogP contribution < -0.4 is 0 Å². The van der Waals surface area contributed by atoms with Crippen molar-refractivity contribution in [3.05, 3.63) is 0 Å². The topological polar surface area (TPSA) is 54.4 Å². The highest BCUT2D eigenvalue weighted by atomic mass is 32.2. The Morgan fingerprint density at radius 3 is 2.50 bits per heavy atom. The molecule has 0 amide bonds. The minimum Gasteiger partial charge on any atom is -0.480 e. The smallest absolute Gasteiger partial charge is 0.321 e. The number of fused-ring (bicyclic) bond motifs is 2. The summed E-state index contributed by atoms with van der Waals surface area (Å²) < 4.78 is 11.0. The molecule has 0 aromatic rings. The summed E-state index contributed by atoms with van der Waals surface area (Å²) in [5.41, 5.74) is 0. The largest absolute Gasteiger partial charge is 0.480 e. The summed E-state index contributed by atoms with van der Waals surface area (Å²) in [5.74, 6) is 1.70. The summed E-state index contributed by atoms with van der Waals surface area (Å²) >= 11 is 0. The van der Waals surface area contributed by atoms with E-state index in [0.29, 0.717) is 11.7 Å². The van der Waals surface area contributed by atoms with E-state index in [9.17, 15) is 9.00 Å². The molecule has 0 aromatic heterocycles. The van der Waals surface area contributed by atoms with E-state index < -0.39 is 21.5 Å². The normalized spacial score (nSPS) is 35.2. The molecule has 2 rings (SSSR count). The standard InChI is InChI=1S/C12H20O3S/c1-12(2,11(13)14)16(15)7-10-6-8-3-4-9(10)5-8/h8-10H,3-7H2,1-2H3,(H,13,14). The van der Waals surface area contributed by atoms with Crippen LogP contribution in [-0.2, 0) is 15.6 Å². The van der Waals surface area contributed by atoms with E-state index in [1.807, 2.05) is 0 Å². The van der Waals surface area contributed by atoms with E-state index in [4.69, 9.17) is 5.11 Å². The number of carboxylic acid groups (broad SMARTS) is 1. The van der Waals surface area contributed by atoms with Crippen LogP contribution in [0.25, 0.3) is 0 Å². The van der Waals surface area contributed by atoms with E-state index in [-0.39, 0.29) is 0 Å². The first-order chi connectivity index (χ1) is 7.41. The van der Waals surface area contributed by atoms with Gasteiger partial charge in [-0.3, -0.25) is 9.00 Å². The van der Waals surface area contributed by atoms with Crippen molar-refractivity contribution in [3.8, 4) is 0 Å². The van der Waals surface area contributed by atoms with Crippen molar-refractivity contribution in [2.45, 2.75) is 44.3 Å². The van der Waals surface area contributed by atoms with E-state index in [1.165, 1.54) is 25.7 Å². The van der Waals surface area contributed by atoms with Crippen LogP contribution in [0.4, 0.5) is 0 Å². The number of rotatable bonds is 4. The third kappa shape index (κ3) is 2.04. The van der Waals surface area contributed by atoms with Crippen LogP contribution in [0.3, 0.4) is 0 Å². The first-order valence-corrected chi connectivity index (χ1v) is 7.35. The van der Waals surface area contributed by atoms with Crippen molar-refractivity contribution < 1.29 is 14.1 Å². The fourth-order valence-electron chi connectivity index (χ4n) is 3.08. The molecule has 0 aromatic carbocycles. The molecule has 3 nitrogen and oxygen atoms in total. The summed E-state index contributed by atoms with van der Waals surface area (Å²) in [4.78, 5) is 11.0. The molecular weight excluding hydrogens is 224 g/mol. The molecule has 0 heterocycles. The van der Waals surface area contributed by atoms with Crippen LogP contribution in [0.15, 0.2) is 0 Å². The van der Waals surface area contributed by atoms with Crippen LogP contribution >= 0.6 is 0 Å². The molecule has 0 radical (unpaired) electrons. The lowest BCUT2D eigenvalue weighted by molar-refractivity contribution is -0.139. The molecule has 16 heavy (non-hydrogen) atoms. The lowest BCUT2D eigenvalue weighted by Crippen LogP contribution is -2.39. The van der Waals surface area contributed by atoms with Gasteiger partial charge in [-0.25, -0.2) is 0 Å². The van der Waals surface area contributed by atoms with E-state index in [2.05, 4.69) is 0 Å². The van der Waals surface area contributed by atoms with Gasteiger partial charge in [0, 0.05) is 16.6 Å². The van der Waals surface area contributed by atoms with Crippen LogP contribution in [0.2, 0.25) is 0 Å². The minimum atomic E-state index is -1.25. The van der Waals surface area contributed by atoms with Crippen molar-refractivity contribution in [2.75, 3.05) is 5.75 Å². The second-order valence-electron chi connectivity index (χ2n) is 5.76. The summed E-state index contributed by atoms with van der Waals surface area (Å²) in [5, 5.41) is 9.02. The van der Waals surface area contributed by atoms with Gasteiger partial charge in [0.15, 0.2) is 0 Å². The number of hydrogen-bond acceptors (Lipinski definition) is 2. The molecule has 0 aliphatic heterocycles. The number of carboxylic acids is 1. The third-order valence-electron chi connectivity index (χ3n) is 4.33. The van der Waals surface area contributed by atoms with Crippen LogP contribution in [0.5, 0.6) is 0 Å². The molecule has 92 valence electrons. The second-order valence-corrected chi connectivity index (χ2v) is 7.81. The number of hydrogen-bond donors (Lipinski definition) is 1. The molecule has 1 N–H and O–H groups in total. The van der Waals surface area contributed by atoms with Gasteiger partial charge in [-0.15, -0.1) is 0 Å². The second kappa shape index (κ2) is 4.13. The predicted octanol–water partition coefficient (Wildman–Crippen LogP) is 2.03. The van der Waals surface area contributed by atoms with Gasteiger partial charge in [0.2, 0.25) is 0 Å². The van der Waals surface area contributed by atoms with Crippen molar-refractivity contribution >= 4 is 16.8 Å². The SMILES string of the molecule is CC(C)(C(=O)O)S(=O)CC1CC2CCC1C2. The zero-order valence-corrected chi connectivity index (χ0v) is 10.8. The van der Waals surface area contributed by atoms with Gasteiger partial charge in [0.25, 0.3) is 0 Å². The lowest BCUT2D eigenvalue weighted by atomic mass is 9.90. The maximum atomic E-state index is 12.1. The molecule has 2 fully saturated rings. The highest BCUT2D eigenvalue weighted by Crippen LogP contribution is 2.48.